The normalized spacial score (nSPS) is 11.9. The number of rotatable bonds is 6. The van der Waals surface area contributed by atoms with Crippen molar-refractivity contribution >= 4 is 6.03 Å². The van der Waals surface area contributed by atoms with Gasteiger partial charge in [0.25, 0.3) is 0 Å². The SMILES string of the molecule is Cc1cc(CNC(=O)NC(C)c2nc(Cc3ccccc3)no2)no1. The molecule has 2 heterocycles. The molecule has 1 atom stereocenters. The van der Waals surface area contributed by atoms with Crippen LogP contribution in [0.2, 0.25) is 0 Å². The third-order valence-corrected chi connectivity index (χ3v) is 3.51. The van der Waals surface area contributed by atoms with Gasteiger partial charge in [0.1, 0.15) is 17.5 Å². The molecule has 0 aliphatic rings. The number of hydrogen-bond acceptors (Lipinski definition) is 6. The Morgan fingerprint density at radius 2 is 2.00 bits per heavy atom. The van der Waals surface area contributed by atoms with Crippen molar-refractivity contribution in [3.8, 4) is 0 Å². The lowest BCUT2D eigenvalue weighted by Crippen LogP contribution is -2.36. The number of carbonyl (C=O) groups is 1. The van der Waals surface area contributed by atoms with Crippen molar-refractivity contribution < 1.29 is 13.8 Å². The van der Waals surface area contributed by atoms with Gasteiger partial charge in [0.2, 0.25) is 5.89 Å². The average Bonchev–Trinajstić information content (AvgIpc) is 3.23. The number of nitrogens with zero attached hydrogens (tertiary/aromatic N) is 3. The molecule has 1 aromatic carbocycles. The van der Waals surface area contributed by atoms with Crippen LogP contribution in [-0.2, 0) is 13.0 Å². The molecule has 3 rings (SSSR count). The molecule has 0 fully saturated rings. The van der Waals surface area contributed by atoms with Gasteiger partial charge in [-0.1, -0.05) is 40.6 Å². The van der Waals surface area contributed by atoms with Crippen LogP contribution in [0.25, 0.3) is 0 Å². The van der Waals surface area contributed by atoms with Crippen molar-refractivity contribution in [3.05, 3.63) is 65.1 Å². The Labute approximate surface area is 144 Å². The Kier molecular flexibility index (Phi) is 5.08. The molecule has 0 bridgehead atoms. The van der Waals surface area contributed by atoms with Gasteiger partial charge in [0.15, 0.2) is 5.82 Å². The summed E-state index contributed by atoms with van der Waals surface area (Å²) in [6.07, 6.45) is 0.578. The lowest BCUT2D eigenvalue weighted by molar-refractivity contribution is 0.233. The maximum Gasteiger partial charge on any atom is 0.315 e. The van der Waals surface area contributed by atoms with Crippen LogP contribution < -0.4 is 10.6 Å². The van der Waals surface area contributed by atoms with E-state index in [4.69, 9.17) is 9.05 Å². The highest BCUT2D eigenvalue weighted by atomic mass is 16.5. The fraction of sp³-hybridized carbons (Fsp3) is 0.294. The molecule has 8 nitrogen and oxygen atoms in total. The number of carbonyl (C=O) groups excluding carboxylic acids is 1. The molecular formula is C17H19N5O3. The fourth-order valence-electron chi connectivity index (χ4n) is 2.28. The third kappa shape index (κ3) is 4.66. The number of urea groups is 1. The van der Waals surface area contributed by atoms with E-state index in [1.807, 2.05) is 30.3 Å². The van der Waals surface area contributed by atoms with E-state index < -0.39 is 6.04 Å². The quantitative estimate of drug-likeness (QED) is 0.713. The lowest BCUT2D eigenvalue weighted by Gasteiger charge is -2.10. The number of aryl methyl sites for hydroxylation is 1. The molecule has 0 saturated carbocycles. The standard InChI is InChI=1S/C17H19N5O3/c1-11-8-14(21-24-11)10-18-17(23)19-12(2)16-20-15(22-25-16)9-13-6-4-3-5-7-13/h3-8,12H,9-10H2,1-2H3,(H2,18,19,23). The number of nitrogens with one attached hydrogen (secondary N) is 2. The predicted molar refractivity (Wildman–Crippen MR) is 88.6 cm³/mol. The maximum atomic E-state index is 11.9. The number of aromatic nitrogens is 3. The molecule has 2 N–H and O–H groups in total. The molecule has 0 saturated heterocycles. The minimum Gasteiger partial charge on any atom is -0.361 e. The number of benzene rings is 1. The molecule has 3 aromatic rings. The first-order valence-corrected chi connectivity index (χ1v) is 7.93. The number of amides is 2. The first-order chi connectivity index (χ1) is 12.1. The summed E-state index contributed by atoms with van der Waals surface area (Å²) in [7, 11) is 0. The molecule has 25 heavy (non-hydrogen) atoms. The van der Waals surface area contributed by atoms with E-state index in [0.717, 1.165) is 5.56 Å². The van der Waals surface area contributed by atoms with Crippen LogP contribution in [0.3, 0.4) is 0 Å². The first kappa shape index (κ1) is 16.7. The van der Waals surface area contributed by atoms with Crippen LogP contribution in [0.5, 0.6) is 0 Å². The molecular weight excluding hydrogens is 322 g/mol. The molecule has 0 spiro atoms. The van der Waals surface area contributed by atoms with Crippen LogP contribution in [-0.4, -0.2) is 21.3 Å². The van der Waals surface area contributed by atoms with Crippen molar-refractivity contribution in [1.29, 1.82) is 0 Å². The second-order valence-electron chi connectivity index (χ2n) is 5.69. The highest BCUT2D eigenvalue weighted by molar-refractivity contribution is 5.74. The van der Waals surface area contributed by atoms with Gasteiger partial charge >= 0.3 is 6.03 Å². The van der Waals surface area contributed by atoms with Crippen molar-refractivity contribution in [1.82, 2.24) is 25.9 Å². The monoisotopic (exact) mass is 341 g/mol. The van der Waals surface area contributed by atoms with E-state index >= 15 is 0 Å². The molecule has 0 aliphatic heterocycles. The summed E-state index contributed by atoms with van der Waals surface area (Å²) in [5.41, 5.74) is 1.75. The largest absolute Gasteiger partial charge is 0.361 e. The van der Waals surface area contributed by atoms with Crippen LogP contribution in [0, 0.1) is 6.92 Å². The Balaban J connectivity index is 1.50. The van der Waals surface area contributed by atoms with E-state index in [2.05, 4.69) is 25.9 Å². The third-order valence-electron chi connectivity index (χ3n) is 3.51. The van der Waals surface area contributed by atoms with Gasteiger partial charge in [0, 0.05) is 12.5 Å². The van der Waals surface area contributed by atoms with Gasteiger partial charge in [-0.3, -0.25) is 0 Å². The van der Waals surface area contributed by atoms with E-state index in [1.54, 1.807) is 19.9 Å². The van der Waals surface area contributed by atoms with E-state index in [0.29, 0.717) is 29.6 Å². The summed E-state index contributed by atoms with van der Waals surface area (Å²) in [6.45, 7) is 3.85. The zero-order chi connectivity index (χ0) is 17.6. The predicted octanol–water partition coefficient (Wildman–Crippen LogP) is 2.52. The molecule has 2 aromatic heterocycles. The summed E-state index contributed by atoms with van der Waals surface area (Å²) in [6, 6.07) is 10.9. The molecule has 0 aliphatic carbocycles. The van der Waals surface area contributed by atoms with Crippen LogP contribution in [0.15, 0.2) is 45.4 Å². The van der Waals surface area contributed by atoms with E-state index in [-0.39, 0.29) is 12.6 Å². The zero-order valence-electron chi connectivity index (χ0n) is 14.0. The van der Waals surface area contributed by atoms with Gasteiger partial charge in [-0.2, -0.15) is 4.98 Å². The minimum absolute atomic E-state index is 0.277. The Bertz CT molecular complexity index is 828. The van der Waals surface area contributed by atoms with Crippen molar-refractivity contribution in [3.63, 3.8) is 0 Å². The zero-order valence-corrected chi connectivity index (χ0v) is 14.0. The minimum atomic E-state index is -0.406. The lowest BCUT2D eigenvalue weighted by atomic mass is 10.1. The van der Waals surface area contributed by atoms with Crippen molar-refractivity contribution in [2.24, 2.45) is 0 Å². The average molecular weight is 341 g/mol. The smallest absolute Gasteiger partial charge is 0.315 e. The second-order valence-corrected chi connectivity index (χ2v) is 5.69. The van der Waals surface area contributed by atoms with Gasteiger partial charge in [-0.05, 0) is 19.4 Å². The van der Waals surface area contributed by atoms with Crippen LogP contribution in [0.1, 0.15) is 41.7 Å². The molecule has 130 valence electrons. The van der Waals surface area contributed by atoms with Crippen LogP contribution in [0.4, 0.5) is 4.79 Å². The van der Waals surface area contributed by atoms with Gasteiger partial charge in [0.05, 0.1) is 6.54 Å². The Morgan fingerprint density at radius 1 is 1.20 bits per heavy atom. The highest BCUT2D eigenvalue weighted by Crippen LogP contribution is 2.12. The van der Waals surface area contributed by atoms with Crippen LogP contribution >= 0.6 is 0 Å². The number of hydrogen-bond donors (Lipinski definition) is 2. The van der Waals surface area contributed by atoms with E-state index in [9.17, 15) is 4.79 Å². The molecule has 0 radical (unpaired) electrons. The molecule has 2 amide bonds. The van der Waals surface area contributed by atoms with Gasteiger partial charge < -0.3 is 19.7 Å². The maximum absolute atomic E-state index is 11.9. The first-order valence-electron chi connectivity index (χ1n) is 7.93. The topological polar surface area (TPSA) is 106 Å². The summed E-state index contributed by atoms with van der Waals surface area (Å²) in [5.74, 6) is 1.63. The van der Waals surface area contributed by atoms with Gasteiger partial charge in [-0.25, -0.2) is 4.79 Å². The van der Waals surface area contributed by atoms with Crippen molar-refractivity contribution in [2.45, 2.75) is 32.9 Å². The van der Waals surface area contributed by atoms with Crippen molar-refractivity contribution in [2.75, 3.05) is 0 Å². The fourth-order valence-corrected chi connectivity index (χ4v) is 2.28. The molecule has 1 unspecified atom stereocenters. The van der Waals surface area contributed by atoms with E-state index in [1.165, 1.54) is 0 Å². The Hall–Kier alpha value is -3.16. The Morgan fingerprint density at radius 3 is 2.72 bits per heavy atom. The summed E-state index contributed by atoms with van der Waals surface area (Å²) in [4.78, 5) is 16.3. The summed E-state index contributed by atoms with van der Waals surface area (Å²) >= 11 is 0. The second kappa shape index (κ2) is 7.61. The van der Waals surface area contributed by atoms with Gasteiger partial charge in [-0.15, -0.1) is 0 Å². The molecule has 8 heteroatoms. The summed E-state index contributed by atoms with van der Waals surface area (Å²) < 4.78 is 10.2. The summed E-state index contributed by atoms with van der Waals surface area (Å²) in [5, 5.41) is 13.2. The highest BCUT2D eigenvalue weighted by Gasteiger charge is 2.17.